The maximum atomic E-state index is 12.7. The van der Waals surface area contributed by atoms with Crippen molar-refractivity contribution in [2.75, 3.05) is 13.1 Å². The highest BCUT2D eigenvalue weighted by atomic mass is 32.1. The van der Waals surface area contributed by atoms with Crippen molar-refractivity contribution in [3.8, 4) is 10.4 Å². The largest absolute Gasteiger partial charge is 0.337 e. The van der Waals surface area contributed by atoms with Gasteiger partial charge in [-0.3, -0.25) is 9.78 Å². The van der Waals surface area contributed by atoms with Gasteiger partial charge >= 0.3 is 0 Å². The molecule has 7 heteroatoms. The highest BCUT2D eigenvalue weighted by Crippen LogP contribution is 2.28. The number of pyridine rings is 2. The fourth-order valence-electron chi connectivity index (χ4n) is 3.69. The second-order valence-corrected chi connectivity index (χ2v) is 7.92. The van der Waals surface area contributed by atoms with Gasteiger partial charge in [0, 0.05) is 41.8 Å². The number of carbonyl (C=O) groups excluding carboxylic acids is 1. The van der Waals surface area contributed by atoms with Crippen molar-refractivity contribution in [1.82, 2.24) is 24.5 Å². The van der Waals surface area contributed by atoms with Gasteiger partial charge in [0.05, 0.1) is 0 Å². The molecule has 1 saturated heterocycles. The van der Waals surface area contributed by atoms with Crippen LogP contribution in [0.2, 0.25) is 0 Å². The molecule has 1 amide bonds. The van der Waals surface area contributed by atoms with Gasteiger partial charge in [0.1, 0.15) is 5.69 Å². The zero-order valence-corrected chi connectivity index (χ0v) is 16.0. The predicted octanol–water partition coefficient (Wildman–Crippen LogP) is 3.87. The molecule has 0 saturated carbocycles. The topological polar surface area (TPSA) is 63.4 Å². The standard InChI is InChI=1S/C21H19N5OS/c27-21(17-6-1-2-10-22-17)25-11-3-5-16(13-25)20-23-19-9-8-15(14-26(19)24-20)18-7-4-12-28-18/h1-2,4,6-10,12,14,16H,3,5,11,13H2. The van der Waals surface area contributed by atoms with E-state index < -0.39 is 0 Å². The van der Waals surface area contributed by atoms with E-state index in [2.05, 4.69) is 22.5 Å². The summed E-state index contributed by atoms with van der Waals surface area (Å²) >= 11 is 1.71. The Morgan fingerprint density at radius 2 is 2.11 bits per heavy atom. The lowest BCUT2D eigenvalue weighted by Gasteiger charge is -2.31. The molecule has 1 unspecified atom stereocenters. The van der Waals surface area contributed by atoms with Crippen LogP contribution in [0.4, 0.5) is 0 Å². The second-order valence-electron chi connectivity index (χ2n) is 6.97. The number of hydrogen-bond acceptors (Lipinski definition) is 5. The molecule has 5 rings (SSSR count). The van der Waals surface area contributed by atoms with Gasteiger partial charge in [-0.2, -0.15) is 5.10 Å². The van der Waals surface area contributed by atoms with Crippen LogP contribution < -0.4 is 0 Å². The van der Waals surface area contributed by atoms with E-state index in [0.717, 1.165) is 36.4 Å². The van der Waals surface area contributed by atoms with E-state index in [0.29, 0.717) is 12.2 Å². The Hall–Kier alpha value is -3.06. The van der Waals surface area contributed by atoms with E-state index >= 15 is 0 Å². The van der Waals surface area contributed by atoms with Gasteiger partial charge in [0.15, 0.2) is 11.5 Å². The zero-order valence-electron chi connectivity index (χ0n) is 15.2. The van der Waals surface area contributed by atoms with Crippen LogP contribution in [0.15, 0.2) is 60.2 Å². The molecule has 0 spiro atoms. The first-order valence-electron chi connectivity index (χ1n) is 9.38. The Labute approximate surface area is 166 Å². The van der Waals surface area contributed by atoms with Crippen molar-refractivity contribution in [3.63, 3.8) is 0 Å². The molecule has 0 bridgehead atoms. The first-order valence-corrected chi connectivity index (χ1v) is 10.3. The first kappa shape index (κ1) is 17.1. The first-order chi connectivity index (χ1) is 13.8. The third-order valence-corrected chi connectivity index (χ3v) is 6.03. The normalized spacial score (nSPS) is 17.1. The third-order valence-electron chi connectivity index (χ3n) is 5.11. The summed E-state index contributed by atoms with van der Waals surface area (Å²) in [6.07, 6.45) is 5.61. The van der Waals surface area contributed by atoms with Gasteiger partial charge in [0.2, 0.25) is 0 Å². The number of likely N-dealkylation sites (tertiary alicyclic amines) is 1. The van der Waals surface area contributed by atoms with Crippen molar-refractivity contribution in [3.05, 3.63) is 71.8 Å². The summed E-state index contributed by atoms with van der Waals surface area (Å²) < 4.78 is 1.85. The van der Waals surface area contributed by atoms with Crippen LogP contribution in [-0.4, -0.2) is 43.5 Å². The van der Waals surface area contributed by atoms with E-state index in [9.17, 15) is 4.79 Å². The third kappa shape index (κ3) is 3.18. The van der Waals surface area contributed by atoms with Gasteiger partial charge < -0.3 is 4.90 Å². The number of fused-ring (bicyclic) bond motifs is 1. The molecule has 28 heavy (non-hydrogen) atoms. The van der Waals surface area contributed by atoms with E-state index in [1.165, 1.54) is 4.88 Å². The molecule has 1 aliphatic rings. The van der Waals surface area contributed by atoms with Crippen LogP contribution in [0.5, 0.6) is 0 Å². The molecule has 0 N–H and O–H groups in total. The van der Waals surface area contributed by atoms with Crippen LogP contribution in [0, 0.1) is 0 Å². The zero-order chi connectivity index (χ0) is 18.9. The molecule has 4 aromatic rings. The Kier molecular flexibility index (Phi) is 4.37. The molecular formula is C21H19N5OS. The van der Waals surface area contributed by atoms with Gasteiger partial charge in [-0.1, -0.05) is 12.1 Å². The minimum atomic E-state index is -0.0194. The van der Waals surface area contributed by atoms with Crippen LogP contribution in [0.3, 0.4) is 0 Å². The summed E-state index contributed by atoms with van der Waals surface area (Å²) in [6.45, 7) is 1.38. The molecule has 4 aromatic heterocycles. The second kappa shape index (κ2) is 7.16. The molecule has 6 nitrogen and oxygen atoms in total. The summed E-state index contributed by atoms with van der Waals surface area (Å²) in [5.41, 5.74) is 2.46. The lowest BCUT2D eigenvalue weighted by Crippen LogP contribution is -2.39. The molecule has 140 valence electrons. The summed E-state index contributed by atoms with van der Waals surface area (Å²) in [7, 11) is 0. The smallest absolute Gasteiger partial charge is 0.272 e. The number of rotatable bonds is 3. The van der Waals surface area contributed by atoms with Gasteiger partial charge in [0.25, 0.3) is 5.91 Å². The molecule has 5 heterocycles. The lowest BCUT2D eigenvalue weighted by molar-refractivity contribution is 0.0698. The maximum absolute atomic E-state index is 12.7. The lowest BCUT2D eigenvalue weighted by atomic mass is 9.97. The fraction of sp³-hybridized carbons (Fsp3) is 0.238. The summed E-state index contributed by atoms with van der Waals surface area (Å²) in [5.74, 6) is 0.933. The number of amides is 1. The average molecular weight is 389 g/mol. The Morgan fingerprint density at radius 1 is 1.14 bits per heavy atom. The molecule has 0 aliphatic carbocycles. The molecular weight excluding hydrogens is 370 g/mol. The Morgan fingerprint density at radius 3 is 2.93 bits per heavy atom. The number of hydrogen-bond donors (Lipinski definition) is 0. The summed E-state index contributed by atoms with van der Waals surface area (Å²) in [5, 5.41) is 6.80. The fourth-order valence-corrected chi connectivity index (χ4v) is 4.40. The predicted molar refractivity (Wildman–Crippen MR) is 108 cm³/mol. The monoisotopic (exact) mass is 389 g/mol. The Balaban J connectivity index is 1.39. The minimum absolute atomic E-state index is 0.0194. The molecule has 1 atom stereocenters. The van der Waals surface area contributed by atoms with E-state index in [-0.39, 0.29) is 11.8 Å². The minimum Gasteiger partial charge on any atom is -0.337 e. The number of aromatic nitrogens is 4. The number of carbonyl (C=O) groups is 1. The van der Waals surface area contributed by atoms with Gasteiger partial charge in [-0.25, -0.2) is 9.50 Å². The number of nitrogens with zero attached hydrogens (tertiary/aromatic N) is 5. The van der Waals surface area contributed by atoms with E-state index in [1.807, 2.05) is 39.9 Å². The number of piperidine rings is 1. The van der Waals surface area contributed by atoms with Crippen LogP contribution in [0.25, 0.3) is 16.1 Å². The molecule has 0 aromatic carbocycles. The van der Waals surface area contributed by atoms with Crippen molar-refractivity contribution in [1.29, 1.82) is 0 Å². The van der Waals surface area contributed by atoms with Crippen molar-refractivity contribution in [2.24, 2.45) is 0 Å². The summed E-state index contributed by atoms with van der Waals surface area (Å²) in [6, 6.07) is 13.7. The highest BCUT2D eigenvalue weighted by molar-refractivity contribution is 7.13. The average Bonchev–Trinajstić information content (AvgIpc) is 3.43. The van der Waals surface area contributed by atoms with Crippen molar-refractivity contribution < 1.29 is 4.79 Å². The number of thiophene rings is 1. The van der Waals surface area contributed by atoms with Crippen LogP contribution >= 0.6 is 11.3 Å². The summed E-state index contributed by atoms with van der Waals surface area (Å²) in [4.78, 5) is 24.8. The van der Waals surface area contributed by atoms with Crippen LogP contribution in [-0.2, 0) is 0 Å². The molecule has 1 aliphatic heterocycles. The Bertz CT molecular complexity index is 1110. The highest BCUT2D eigenvalue weighted by Gasteiger charge is 2.28. The van der Waals surface area contributed by atoms with Gasteiger partial charge in [-0.05, 0) is 48.6 Å². The van der Waals surface area contributed by atoms with Gasteiger partial charge in [-0.15, -0.1) is 11.3 Å². The van der Waals surface area contributed by atoms with Crippen molar-refractivity contribution >= 4 is 22.9 Å². The SMILES string of the molecule is O=C(c1ccccn1)N1CCCC(c2nc3ccc(-c4cccs4)cn3n2)C1. The van der Waals surface area contributed by atoms with E-state index in [1.54, 1.807) is 23.6 Å². The molecule has 1 fully saturated rings. The van der Waals surface area contributed by atoms with Crippen LogP contribution in [0.1, 0.15) is 35.1 Å². The molecule has 0 radical (unpaired) electrons. The maximum Gasteiger partial charge on any atom is 0.272 e. The van der Waals surface area contributed by atoms with Crippen molar-refractivity contribution in [2.45, 2.75) is 18.8 Å². The van der Waals surface area contributed by atoms with E-state index in [4.69, 9.17) is 10.1 Å². The quantitative estimate of drug-likeness (QED) is 0.534.